The molecule has 0 saturated heterocycles. The standard InChI is InChI=1S/C24H21FN2O3/c25-21-7-5-19(6-8-21)18-3-1-17(2-4-18)16-27-13-11-20-15-22(30-14-12-26-29)9-10-23(20)24(27)28/h1-10,12,15,29H,11,13-14,16H2. The average Bonchev–Trinajstić information content (AvgIpc) is 2.77. The van der Waals surface area contributed by atoms with Gasteiger partial charge in [0.05, 0.1) is 6.21 Å². The smallest absolute Gasteiger partial charge is 0.254 e. The normalized spacial score (nSPS) is 13.5. The lowest BCUT2D eigenvalue weighted by atomic mass is 9.98. The molecule has 0 aromatic heterocycles. The van der Waals surface area contributed by atoms with Crippen LogP contribution in [0.1, 0.15) is 21.5 Å². The molecule has 4 rings (SSSR count). The maximum Gasteiger partial charge on any atom is 0.254 e. The van der Waals surface area contributed by atoms with Crippen molar-refractivity contribution in [1.82, 2.24) is 4.90 Å². The van der Waals surface area contributed by atoms with Crippen LogP contribution in [-0.2, 0) is 13.0 Å². The van der Waals surface area contributed by atoms with Crippen molar-refractivity contribution in [3.8, 4) is 16.9 Å². The van der Waals surface area contributed by atoms with Gasteiger partial charge in [-0.1, -0.05) is 41.6 Å². The van der Waals surface area contributed by atoms with Crippen molar-refractivity contribution in [2.75, 3.05) is 13.2 Å². The Morgan fingerprint density at radius 2 is 1.73 bits per heavy atom. The molecule has 0 bridgehead atoms. The molecule has 1 aliphatic heterocycles. The quantitative estimate of drug-likeness (QED) is 0.373. The SMILES string of the molecule is O=C1c2ccc(OCC=NO)cc2CCN1Cc1ccc(-c2ccc(F)cc2)cc1. The monoisotopic (exact) mass is 404 g/mol. The van der Waals surface area contributed by atoms with Gasteiger partial charge in [0, 0.05) is 18.7 Å². The zero-order chi connectivity index (χ0) is 20.9. The van der Waals surface area contributed by atoms with Crippen molar-refractivity contribution in [3.63, 3.8) is 0 Å². The fraction of sp³-hybridized carbons (Fsp3) is 0.167. The number of carbonyl (C=O) groups excluding carboxylic acids is 1. The predicted molar refractivity (Wildman–Crippen MR) is 112 cm³/mol. The summed E-state index contributed by atoms with van der Waals surface area (Å²) in [6, 6.07) is 19.8. The highest BCUT2D eigenvalue weighted by Crippen LogP contribution is 2.26. The first-order chi connectivity index (χ1) is 14.6. The van der Waals surface area contributed by atoms with Gasteiger partial charge in [-0.15, -0.1) is 0 Å². The summed E-state index contributed by atoms with van der Waals surface area (Å²) >= 11 is 0. The molecule has 5 nitrogen and oxygen atoms in total. The van der Waals surface area contributed by atoms with E-state index in [2.05, 4.69) is 5.16 Å². The van der Waals surface area contributed by atoms with Crippen molar-refractivity contribution >= 4 is 12.1 Å². The zero-order valence-electron chi connectivity index (χ0n) is 16.3. The van der Waals surface area contributed by atoms with Crippen LogP contribution in [0.3, 0.4) is 0 Å². The van der Waals surface area contributed by atoms with E-state index in [1.165, 1.54) is 18.3 Å². The minimum absolute atomic E-state index is 0.00216. The topological polar surface area (TPSA) is 62.1 Å². The van der Waals surface area contributed by atoms with E-state index in [1.54, 1.807) is 24.3 Å². The average molecular weight is 404 g/mol. The molecule has 0 atom stereocenters. The summed E-state index contributed by atoms with van der Waals surface area (Å²) in [5.74, 6) is 0.394. The van der Waals surface area contributed by atoms with Crippen molar-refractivity contribution < 1.29 is 19.1 Å². The van der Waals surface area contributed by atoms with E-state index in [4.69, 9.17) is 9.94 Å². The van der Waals surface area contributed by atoms with Crippen molar-refractivity contribution in [3.05, 3.63) is 89.2 Å². The van der Waals surface area contributed by atoms with Crippen LogP contribution in [-0.4, -0.2) is 35.4 Å². The van der Waals surface area contributed by atoms with Gasteiger partial charge in [-0.05, 0) is 59.0 Å². The third-order valence-electron chi connectivity index (χ3n) is 5.16. The van der Waals surface area contributed by atoms with Gasteiger partial charge in [0.1, 0.15) is 18.2 Å². The second kappa shape index (κ2) is 8.78. The minimum atomic E-state index is -0.253. The van der Waals surface area contributed by atoms with Crippen LogP contribution in [0, 0.1) is 5.82 Å². The third kappa shape index (κ3) is 4.33. The van der Waals surface area contributed by atoms with Gasteiger partial charge in [-0.25, -0.2) is 4.39 Å². The van der Waals surface area contributed by atoms with Gasteiger partial charge in [0.25, 0.3) is 5.91 Å². The Balaban J connectivity index is 1.43. The number of fused-ring (bicyclic) bond motifs is 1. The summed E-state index contributed by atoms with van der Waals surface area (Å²) < 4.78 is 18.6. The van der Waals surface area contributed by atoms with Gasteiger partial charge in [-0.2, -0.15) is 0 Å². The molecule has 30 heavy (non-hydrogen) atoms. The van der Waals surface area contributed by atoms with Gasteiger partial charge in [-0.3, -0.25) is 4.79 Å². The molecule has 0 aliphatic carbocycles. The van der Waals surface area contributed by atoms with E-state index in [0.29, 0.717) is 24.4 Å². The van der Waals surface area contributed by atoms with Gasteiger partial charge < -0.3 is 14.8 Å². The van der Waals surface area contributed by atoms with E-state index in [9.17, 15) is 9.18 Å². The third-order valence-corrected chi connectivity index (χ3v) is 5.16. The number of halogens is 1. The van der Waals surface area contributed by atoms with Crippen molar-refractivity contribution in [1.29, 1.82) is 0 Å². The number of oxime groups is 1. The largest absolute Gasteiger partial charge is 0.488 e. The fourth-order valence-corrected chi connectivity index (χ4v) is 3.59. The Hall–Kier alpha value is -3.67. The Morgan fingerprint density at radius 3 is 2.43 bits per heavy atom. The number of rotatable bonds is 6. The molecule has 1 amide bonds. The van der Waals surface area contributed by atoms with Crippen LogP contribution in [0.5, 0.6) is 5.75 Å². The highest BCUT2D eigenvalue weighted by atomic mass is 19.1. The summed E-state index contributed by atoms with van der Waals surface area (Å²) in [5.41, 5.74) is 4.65. The number of hydrogen-bond acceptors (Lipinski definition) is 4. The highest BCUT2D eigenvalue weighted by Gasteiger charge is 2.24. The van der Waals surface area contributed by atoms with Crippen LogP contribution < -0.4 is 4.74 Å². The fourth-order valence-electron chi connectivity index (χ4n) is 3.59. The molecule has 1 aliphatic rings. The highest BCUT2D eigenvalue weighted by molar-refractivity contribution is 5.97. The van der Waals surface area contributed by atoms with Gasteiger partial charge in [0.15, 0.2) is 0 Å². The van der Waals surface area contributed by atoms with Gasteiger partial charge in [0.2, 0.25) is 0 Å². The zero-order valence-corrected chi connectivity index (χ0v) is 16.3. The number of ether oxygens (including phenoxy) is 1. The molecule has 0 unspecified atom stereocenters. The summed E-state index contributed by atoms with van der Waals surface area (Å²) in [6.07, 6.45) is 2.01. The first-order valence-corrected chi connectivity index (χ1v) is 9.70. The molecule has 0 saturated carbocycles. The van der Waals surface area contributed by atoms with Crippen molar-refractivity contribution in [2.24, 2.45) is 5.16 Å². The molecule has 152 valence electrons. The molecule has 3 aromatic rings. The van der Waals surface area contributed by atoms with Crippen molar-refractivity contribution in [2.45, 2.75) is 13.0 Å². The predicted octanol–water partition coefficient (Wildman–Crippen LogP) is 4.53. The molecule has 1 heterocycles. The maximum absolute atomic E-state index is 13.1. The lowest BCUT2D eigenvalue weighted by molar-refractivity contribution is 0.0727. The number of amides is 1. The first-order valence-electron chi connectivity index (χ1n) is 9.70. The molecule has 1 N–H and O–H groups in total. The molecular weight excluding hydrogens is 383 g/mol. The molecule has 6 heteroatoms. The number of carbonyl (C=O) groups is 1. The lowest BCUT2D eigenvalue weighted by Crippen LogP contribution is -2.37. The van der Waals surface area contributed by atoms with Crippen LogP contribution in [0.4, 0.5) is 4.39 Å². The van der Waals surface area contributed by atoms with Crippen LogP contribution in [0.2, 0.25) is 0 Å². The number of hydrogen-bond donors (Lipinski definition) is 1. The Morgan fingerprint density at radius 1 is 1.03 bits per heavy atom. The molecule has 0 spiro atoms. The number of nitrogens with zero attached hydrogens (tertiary/aromatic N) is 2. The second-order valence-electron chi connectivity index (χ2n) is 7.11. The Labute approximate surface area is 174 Å². The summed E-state index contributed by atoms with van der Waals surface area (Å²) in [4.78, 5) is 14.7. The Kier molecular flexibility index (Phi) is 5.75. The van der Waals surface area contributed by atoms with E-state index >= 15 is 0 Å². The minimum Gasteiger partial charge on any atom is -0.488 e. The Bertz CT molecular complexity index is 1060. The lowest BCUT2D eigenvalue weighted by Gasteiger charge is -2.29. The molecule has 0 fully saturated rings. The maximum atomic E-state index is 13.1. The molecule has 3 aromatic carbocycles. The van der Waals surface area contributed by atoms with Crippen LogP contribution >= 0.6 is 0 Å². The summed E-state index contributed by atoms with van der Waals surface area (Å²) in [5, 5.41) is 11.3. The summed E-state index contributed by atoms with van der Waals surface area (Å²) in [6.45, 7) is 1.34. The number of benzene rings is 3. The van der Waals surface area contributed by atoms with Gasteiger partial charge >= 0.3 is 0 Å². The summed E-state index contributed by atoms with van der Waals surface area (Å²) in [7, 11) is 0. The molecule has 0 radical (unpaired) electrons. The van der Waals surface area contributed by atoms with E-state index < -0.39 is 0 Å². The van der Waals surface area contributed by atoms with E-state index in [-0.39, 0.29) is 18.3 Å². The van der Waals surface area contributed by atoms with Crippen LogP contribution in [0.25, 0.3) is 11.1 Å². The van der Waals surface area contributed by atoms with E-state index in [0.717, 1.165) is 28.7 Å². The first kappa shape index (κ1) is 19.6. The second-order valence-corrected chi connectivity index (χ2v) is 7.11. The van der Waals surface area contributed by atoms with E-state index in [1.807, 2.05) is 35.2 Å². The molecular formula is C24H21FN2O3. The van der Waals surface area contributed by atoms with Crippen LogP contribution in [0.15, 0.2) is 71.9 Å².